The van der Waals surface area contributed by atoms with E-state index in [0.29, 0.717) is 12.5 Å². The van der Waals surface area contributed by atoms with Crippen molar-refractivity contribution in [1.82, 2.24) is 20.0 Å². The molecule has 0 radical (unpaired) electrons. The van der Waals surface area contributed by atoms with Crippen LogP contribution in [0.3, 0.4) is 0 Å². The molecule has 1 fully saturated rings. The lowest BCUT2D eigenvalue weighted by Crippen LogP contribution is -2.25. The van der Waals surface area contributed by atoms with Gasteiger partial charge in [0.25, 0.3) is 0 Å². The smallest absolute Gasteiger partial charge is 0.220 e. The van der Waals surface area contributed by atoms with Crippen LogP contribution in [0.4, 0.5) is 0 Å². The SMILES string of the molecule is Cc1ccc(CN2CCCn3nc(CCC(=O)NC4CC4)cc3C2)s1. The standard InChI is InChI=1S/C19H26N4OS/c1-14-3-7-18(25-14)13-22-9-2-10-23-17(12-22)11-16(21-23)6-8-19(24)20-15-4-5-15/h3,7,11,15H,2,4-6,8-10,12-13H2,1H3,(H,20,24). The molecule has 1 N–H and O–H groups in total. The van der Waals surface area contributed by atoms with Crippen LogP contribution in [0.2, 0.25) is 0 Å². The molecule has 1 amide bonds. The highest BCUT2D eigenvalue weighted by Crippen LogP contribution is 2.21. The first-order chi connectivity index (χ1) is 12.2. The molecule has 2 aliphatic rings. The predicted molar refractivity (Wildman–Crippen MR) is 99.5 cm³/mol. The summed E-state index contributed by atoms with van der Waals surface area (Å²) in [7, 11) is 0. The molecule has 1 aliphatic carbocycles. The third kappa shape index (κ3) is 4.50. The van der Waals surface area contributed by atoms with Gasteiger partial charge in [0.05, 0.1) is 11.4 Å². The van der Waals surface area contributed by atoms with Gasteiger partial charge in [-0.05, 0) is 44.4 Å². The quantitative estimate of drug-likeness (QED) is 0.864. The molecule has 5 nitrogen and oxygen atoms in total. The van der Waals surface area contributed by atoms with E-state index in [9.17, 15) is 4.79 Å². The summed E-state index contributed by atoms with van der Waals surface area (Å²) in [6, 6.07) is 7.09. The minimum Gasteiger partial charge on any atom is -0.353 e. The number of fused-ring (bicyclic) bond motifs is 1. The molecule has 0 unspecified atom stereocenters. The van der Waals surface area contributed by atoms with E-state index >= 15 is 0 Å². The van der Waals surface area contributed by atoms with Crippen molar-refractivity contribution in [3.8, 4) is 0 Å². The van der Waals surface area contributed by atoms with E-state index in [-0.39, 0.29) is 5.91 Å². The van der Waals surface area contributed by atoms with Crippen molar-refractivity contribution < 1.29 is 4.79 Å². The Labute approximate surface area is 153 Å². The number of thiophene rings is 1. The molecule has 1 aliphatic heterocycles. The molecule has 25 heavy (non-hydrogen) atoms. The number of nitrogens with one attached hydrogen (secondary N) is 1. The number of carbonyl (C=O) groups excluding carboxylic acids is 1. The Kier molecular flexibility index (Phi) is 4.90. The molecule has 4 rings (SSSR count). The topological polar surface area (TPSA) is 50.2 Å². The predicted octanol–water partition coefficient (Wildman–Crippen LogP) is 2.87. The summed E-state index contributed by atoms with van der Waals surface area (Å²) >= 11 is 1.89. The van der Waals surface area contributed by atoms with E-state index < -0.39 is 0 Å². The van der Waals surface area contributed by atoms with Crippen LogP contribution in [0.1, 0.15) is 46.8 Å². The normalized spacial score (nSPS) is 18.0. The summed E-state index contributed by atoms with van der Waals surface area (Å²) in [5.74, 6) is 0.167. The summed E-state index contributed by atoms with van der Waals surface area (Å²) in [5.41, 5.74) is 2.33. The Balaban J connectivity index is 1.35. The molecule has 6 heteroatoms. The van der Waals surface area contributed by atoms with Gasteiger partial charge in [-0.15, -0.1) is 11.3 Å². The van der Waals surface area contributed by atoms with Crippen molar-refractivity contribution in [2.45, 2.75) is 64.7 Å². The molecular weight excluding hydrogens is 332 g/mol. The van der Waals surface area contributed by atoms with Crippen LogP contribution in [0, 0.1) is 6.92 Å². The minimum absolute atomic E-state index is 0.167. The Hall–Kier alpha value is -1.66. The van der Waals surface area contributed by atoms with Crippen molar-refractivity contribution in [3.63, 3.8) is 0 Å². The van der Waals surface area contributed by atoms with Crippen LogP contribution < -0.4 is 5.32 Å². The number of hydrogen-bond acceptors (Lipinski definition) is 4. The second kappa shape index (κ2) is 7.30. The lowest BCUT2D eigenvalue weighted by Gasteiger charge is -2.18. The third-order valence-corrected chi connectivity index (χ3v) is 5.86. The fourth-order valence-corrected chi connectivity index (χ4v) is 4.34. The Morgan fingerprint density at radius 2 is 2.24 bits per heavy atom. The van der Waals surface area contributed by atoms with E-state index in [1.165, 1.54) is 15.4 Å². The molecular formula is C19H26N4OS. The first kappa shape index (κ1) is 16.8. The number of hydrogen-bond donors (Lipinski definition) is 1. The van der Waals surface area contributed by atoms with Crippen LogP contribution in [0.25, 0.3) is 0 Å². The molecule has 0 atom stereocenters. The van der Waals surface area contributed by atoms with E-state index in [2.05, 4.69) is 40.0 Å². The zero-order valence-electron chi connectivity index (χ0n) is 14.8. The number of aromatic nitrogens is 2. The van der Waals surface area contributed by atoms with Crippen LogP contribution in [-0.4, -0.2) is 33.2 Å². The maximum atomic E-state index is 11.9. The third-order valence-electron chi connectivity index (χ3n) is 4.87. The van der Waals surface area contributed by atoms with Gasteiger partial charge in [0.1, 0.15) is 0 Å². The van der Waals surface area contributed by atoms with E-state index in [1.54, 1.807) is 0 Å². The van der Waals surface area contributed by atoms with Crippen molar-refractivity contribution >= 4 is 17.2 Å². The summed E-state index contributed by atoms with van der Waals surface area (Å²) in [5, 5.41) is 7.79. The van der Waals surface area contributed by atoms with Crippen LogP contribution in [0.15, 0.2) is 18.2 Å². The highest BCUT2D eigenvalue weighted by atomic mass is 32.1. The van der Waals surface area contributed by atoms with Crippen LogP contribution in [-0.2, 0) is 30.8 Å². The van der Waals surface area contributed by atoms with Gasteiger partial charge in [0.15, 0.2) is 0 Å². The first-order valence-electron chi connectivity index (χ1n) is 9.28. The van der Waals surface area contributed by atoms with E-state index in [1.807, 2.05) is 11.3 Å². The molecule has 2 aromatic heterocycles. The molecule has 0 saturated heterocycles. The van der Waals surface area contributed by atoms with Crippen LogP contribution in [0.5, 0.6) is 0 Å². The largest absolute Gasteiger partial charge is 0.353 e. The highest BCUT2D eigenvalue weighted by Gasteiger charge is 2.23. The van der Waals surface area contributed by atoms with Gasteiger partial charge in [0.2, 0.25) is 5.91 Å². The monoisotopic (exact) mass is 358 g/mol. The maximum absolute atomic E-state index is 11.9. The first-order valence-corrected chi connectivity index (χ1v) is 10.1. The maximum Gasteiger partial charge on any atom is 0.220 e. The molecule has 2 aromatic rings. The average molecular weight is 359 g/mol. The fraction of sp³-hybridized carbons (Fsp3) is 0.579. The van der Waals surface area contributed by atoms with Gasteiger partial charge in [-0.2, -0.15) is 5.10 Å². The molecule has 0 bridgehead atoms. The lowest BCUT2D eigenvalue weighted by atomic mass is 10.2. The van der Waals surface area contributed by atoms with Gasteiger partial charge in [-0.1, -0.05) is 0 Å². The highest BCUT2D eigenvalue weighted by molar-refractivity contribution is 7.11. The zero-order valence-corrected chi connectivity index (χ0v) is 15.6. The Morgan fingerprint density at radius 1 is 1.36 bits per heavy atom. The van der Waals surface area contributed by atoms with Gasteiger partial charge in [-0.25, -0.2) is 0 Å². The summed E-state index contributed by atoms with van der Waals surface area (Å²) in [6.45, 7) is 6.21. The fourth-order valence-electron chi connectivity index (χ4n) is 3.40. The van der Waals surface area contributed by atoms with Crippen molar-refractivity contribution in [2.24, 2.45) is 0 Å². The van der Waals surface area contributed by atoms with Gasteiger partial charge >= 0.3 is 0 Å². The Bertz CT molecular complexity index is 746. The van der Waals surface area contributed by atoms with E-state index in [4.69, 9.17) is 5.10 Å². The number of aryl methyl sites for hydroxylation is 3. The van der Waals surface area contributed by atoms with Gasteiger partial charge < -0.3 is 5.32 Å². The summed E-state index contributed by atoms with van der Waals surface area (Å²) < 4.78 is 2.15. The summed E-state index contributed by atoms with van der Waals surface area (Å²) in [4.78, 5) is 17.2. The van der Waals surface area contributed by atoms with E-state index in [0.717, 1.165) is 57.6 Å². The molecule has 134 valence electrons. The number of carbonyl (C=O) groups is 1. The number of rotatable bonds is 6. The number of amides is 1. The molecule has 0 spiro atoms. The lowest BCUT2D eigenvalue weighted by molar-refractivity contribution is -0.121. The van der Waals surface area contributed by atoms with Gasteiger partial charge in [0, 0.05) is 54.8 Å². The molecule has 1 saturated carbocycles. The van der Waals surface area contributed by atoms with Gasteiger partial charge in [-0.3, -0.25) is 14.4 Å². The number of nitrogens with zero attached hydrogens (tertiary/aromatic N) is 3. The molecule has 0 aromatic carbocycles. The second-order valence-electron chi connectivity index (χ2n) is 7.27. The molecule has 3 heterocycles. The van der Waals surface area contributed by atoms with Crippen LogP contribution >= 0.6 is 11.3 Å². The second-order valence-corrected chi connectivity index (χ2v) is 8.64. The summed E-state index contributed by atoms with van der Waals surface area (Å²) in [6.07, 6.45) is 4.70. The van der Waals surface area contributed by atoms with Crippen molar-refractivity contribution in [2.75, 3.05) is 6.54 Å². The zero-order chi connectivity index (χ0) is 17.2. The Morgan fingerprint density at radius 3 is 3.00 bits per heavy atom. The minimum atomic E-state index is 0.167. The van der Waals surface area contributed by atoms with Crippen molar-refractivity contribution in [3.05, 3.63) is 39.3 Å². The average Bonchev–Trinajstić information content (AvgIpc) is 3.22. The van der Waals surface area contributed by atoms with Crippen molar-refractivity contribution in [1.29, 1.82) is 0 Å².